The lowest BCUT2D eigenvalue weighted by atomic mass is 10.4. The van der Waals surface area contributed by atoms with Crippen LogP contribution >= 0.6 is 0 Å². The van der Waals surface area contributed by atoms with Crippen LogP contribution in [0.5, 0.6) is 0 Å². The minimum absolute atomic E-state index is 0.505. The number of nitrogens with zero attached hydrogens (tertiary/aromatic N) is 2. The topological polar surface area (TPSA) is 73.1 Å². The quantitative estimate of drug-likeness (QED) is 0.703. The van der Waals surface area contributed by atoms with Gasteiger partial charge in [0.1, 0.15) is 17.5 Å². The minimum atomic E-state index is 0.505. The maximum Gasteiger partial charge on any atom is 0.131 e. The summed E-state index contributed by atoms with van der Waals surface area (Å²) in [7, 11) is 0. The normalized spacial score (nSPS) is 14.9. The predicted octanol–water partition coefficient (Wildman–Crippen LogP) is 1.60. The first-order valence-corrected chi connectivity index (χ1v) is 6.17. The molecule has 1 aliphatic carbocycles. The van der Waals surface area contributed by atoms with Crippen molar-refractivity contribution in [2.75, 3.05) is 30.8 Å². The number of nitrogen functional groups attached to an aromatic ring is 1. The van der Waals surface area contributed by atoms with Gasteiger partial charge in [0.25, 0.3) is 0 Å². The van der Waals surface area contributed by atoms with Gasteiger partial charge in [-0.1, -0.05) is 0 Å². The summed E-state index contributed by atoms with van der Waals surface area (Å²) in [5.74, 6) is 2.83. The van der Waals surface area contributed by atoms with E-state index in [0.717, 1.165) is 37.9 Å². The number of rotatable bonds is 7. The summed E-state index contributed by atoms with van der Waals surface area (Å²) < 4.78 is 5.55. The maximum atomic E-state index is 5.64. The van der Waals surface area contributed by atoms with E-state index in [-0.39, 0.29) is 0 Å². The van der Waals surface area contributed by atoms with Crippen LogP contribution in [0.25, 0.3) is 0 Å². The summed E-state index contributed by atoms with van der Waals surface area (Å²) >= 11 is 0. The van der Waals surface area contributed by atoms with Gasteiger partial charge >= 0.3 is 0 Å². The molecule has 2 rings (SSSR count). The molecule has 0 saturated heterocycles. The average Bonchev–Trinajstić information content (AvgIpc) is 3.05. The smallest absolute Gasteiger partial charge is 0.131 e. The van der Waals surface area contributed by atoms with Crippen molar-refractivity contribution in [1.82, 2.24) is 9.97 Å². The van der Waals surface area contributed by atoms with E-state index >= 15 is 0 Å². The third kappa shape index (κ3) is 4.56. The van der Waals surface area contributed by atoms with Gasteiger partial charge in [-0.15, -0.1) is 0 Å². The number of aromatic nitrogens is 2. The number of nitrogens with one attached hydrogen (secondary N) is 1. The summed E-state index contributed by atoms with van der Waals surface area (Å²) in [6, 6.07) is 1.75. The Morgan fingerprint density at radius 3 is 3.00 bits per heavy atom. The molecule has 5 nitrogen and oxygen atoms in total. The van der Waals surface area contributed by atoms with Gasteiger partial charge in [0.2, 0.25) is 0 Å². The minimum Gasteiger partial charge on any atom is -0.384 e. The molecule has 1 aliphatic rings. The standard InChI is InChI=1S/C12H20N4O/c1-9-15-11(13)7-12(16-9)14-5-2-6-17-8-10-3-4-10/h7,10H,2-6,8H2,1H3,(H3,13,14,15,16). The van der Waals surface area contributed by atoms with Gasteiger partial charge in [0.15, 0.2) is 0 Å². The molecule has 3 N–H and O–H groups in total. The molecule has 0 amide bonds. The van der Waals surface area contributed by atoms with Crippen LogP contribution < -0.4 is 11.1 Å². The highest BCUT2D eigenvalue weighted by Gasteiger charge is 2.20. The van der Waals surface area contributed by atoms with Crippen LogP contribution in [0.2, 0.25) is 0 Å². The zero-order valence-electron chi connectivity index (χ0n) is 10.3. The fourth-order valence-electron chi connectivity index (χ4n) is 1.61. The van der Waals surface area contributed by atoms with Gasteiger partial charge in [-0.25, -0.2) is 9.97 Å². The van der Waals surface area contributed by atoms with Crippen LogP contribution in [-0.4, -0.2) is 29.7 Å². The van der Waals surface area contributed by atoms with Crippen molar-refractivity contribution in [2.24, 2.45) is 5.92 Å². The molecule has 94 valence electrons. The highest BCUT2D eigenvalue weighted by Crippen LogP contribution is 2.28. The molecular formula is C12H20N4O. The van der Waals surface area contributed by atoms with Gasteiger partial charge in [-0.3, -0.25) is 0 Å². The number of ether oxygens (including phenoxy) is 1. The summed E-state index contributed by atoms with van der Waals surface area (Å²) in [5.41, 5.74) is 5.64. The van der Waals surface area contributed by atoms with Crippen LogP contribution in [0.15, 0.2) is 6.07 Å². The van der Waals surface area contributed by atoms with Crippen molar-refractivity contribution in [3.63, 3.8) is 0 Å². The molecule has 17 heavy (non-hydrogen) atoms. The molecule has 1 aromatic heterocycles. The number of anilines is 2. The molecule has 1 saturated carbocycles. The predicted molar refractivity (Wildman–Crippen MR) is 67.8 cm³/mol. The fraction of sp³-hybridized carbons (Fsp3) is 0.667. The Kier molecular flexibility index (Phi) is 4.14. The van der Waals surface area contributed by atoms with Crippen LogP contribution in [0.4, 0.5) is 11.6 Å². The molecule has 0 radical (unpaired) electrons. The Morgan fingerprint density at radius 1 is 1.47 bits per heavy atom. The summed E-state index contributed by atoms with van der Waals surface area (Å²) in [6.45, 7) is 4.42. The largest absolute Gasteiger partial charge is 0.384 e. The molecule has 1 heterocycles. The number of nitrogens with two attached hydrogens (primary N) is 1. The zero-order valence-corrected chi connectivity index (χ0v) is 10.3. The molecule has 0 bridgehead atoms. The summed E-state index contributed by atoms with van der Waals surface area (Å²) in [6.07, 6.45) is 3.67. The number of hydrogen-bond donors (Lipinski definition) is 2. The molecular weight excluding hydrogens is 216 g/mol. The van der Waals surface area contributed by atoms with Crippen LogP contribution in [0.1, 0.15) is 25.1 Å². The van der Waals surface area contributed by atoms with Crippen molar-refractivity contribution in [3.05, 3.63) is 11.9 Å². The Bertz CT molecular complexity index is 345. The van der Waals surface area contributed by atoms with E-state index in [1.54, 1.807) is 6.07 Å². The first-order chi connectivity index (χ1) is 8.24. The van der Waals surface area contributed by atoms with E-state index in [4.69, 9.17) is 10.5 Å². The monoisotopic (exact) mass is 236 g/mol. The van der Waals surface area contributed by atoms with Gasteiger partial charge in [0.05, 0.1) is 0 Å². The second-order valence-corrected chi connectivity index (χ2v) is 4.52. The lowest BCUT2D eigenvalue weighted by molar-refractivity contribution is 0.124. The Morgan fingerprint density at radius 2 is 2.29 bits per heavy atom. The summed E-state index contributed by atoms with van der Waals surface area (Å²) in [5, 5.41) is 3.22. The second kappa shape index (κ2) is 5.82. The van der Waals surface area contributed by atoms with Crippen LogP contribution in [-0.2, 0) is 4.74 Å². The molecule has 0 spiro atoms. The zero-order chi connectivity index (χ0) is 12.1. The molecule has 1 fully saturated rings. The van der Waals surface area contributed by atoms with Gasteiger partial charge in [0, 0.05) is 25.8 Å². The van der Waals surface area contributed by atoms with Gasteiger partial charge in [-0.05, 0) is 32.1 Å². The molecule has 1 aromatic rings. The highest BCUT2D eigenvalue weighted by atomic mass is 16.5. The maximum absolute atomic E-state index is 5.64. The molecule has 0 aromatic carbocycles. The van der Waals surface area contributed by atoms with E-state index in [1.165, 1.54) is 12.8 Å². The van der Waals surface area contributed by atoms with E-state index in [0.29, 0.717) is 11.6 Å². The summed E-state index contributed by atoms with van der Waals surface area (Å²) in [4.78, 5) is 8.27. The SMILES string of the molecule is Cc1nc(N)cc(NCCCOCC2CC2)n1. The van der Waals surface area contributed by atoms with E-state index < -0.39 is 0 Å². The fourth-order valence-corrected chi connectivity index (χ4v) is 1.61. The van der Waals surface area contributed by atoms with Gasteiger partial charge in [-0.2, -0.15) is 0 Å². The molecule has 0 atom stereocenters. The molecule has 0 unspecified atom stereocenters. The first-order valence-electron chi connectivity index (χ1n) is 6.17. The Balaban J connectivity index is 1.59. The van der Waals surface area contributed by atoms with Crippen molar-refractivity contribution >= 4 is 11.6 Å². The lowest BCUT2D eigenvalue weighted by Gasteiger charge is -2.07. The average molecular weight is 236 g/mol. The Hall–Kier alpha value is -1.36. The molecule has 5 heteroatoms. The number of aryl methyl sites for hydroxylation is 1. The van der Waals surface area contributed by atoms with Crippen LogP contribution in [0.3, 0.4) is 0 Å². The van der Waals surface area contributed by atoms with Crippen molar-refractivity contribution < 1.29 is 4.74 Å². The third-order valence-corrected chi connectivity index (χ3v) is 2.68. The first kappa shape index (κ1) is 12.1. The van der Waals surface area contributed by atoms with Crippen molar-refractivity contribution in [3.8, 4) is 0 Å². The third-order valence-electron chi connectivity index (χ3n) is 2.68. The molecule has 0 aliphatic heterocycles. The van der Waals surface area contributed by atoms with E-state index in [2.05, 4.69) is 15.3 Å². The van der Waals surface area contributed by atoms with E-state index in [9.17, 15) is 0 Å². The van der Waals surface area contributed by atoms with E-state index in [1.807, 2.05) is 6.92 Å². The Labute approximate surface area is 102 Å². The van der Waals surface area contributed by atoms with Crippen molar-refractivity contribution in [1.29, 1.82) is 0 Å². The lowest BCUT2D eigenvalue weighted by Crippen LogP contribution is -2.09. The number of hydrogen-bond acceptors (Lipinski definition) is 5. The highest BCUT2D eigenvalue weighted by molar-refractivity contribution is 5.44. The van der Waals surface area contributed by atoms with Crippen LogP contribution in [0, 0.1) is 12.8 Å². The van der Waals surface area contributed by atoms with Gasteiger partial charge < -0.3 is 15.8 Å². The second-order valence-electron chi connectivity index (χ2n) is 4.52. The van der Waals surface area contributed by atoms with Crippen molar-refractivity contribution in [2.45, 2.75) is 26.2 Å².